The van der Waals surface area contributed by atoms with Crippen LogP contribution in [0.2, 0.25) is 0 Å². The molecule has 0 amide bonds. The van der Waals surface area contributed by atoms with Gasteiger partial charge in [-0.05, 0) is 12.8 Å². The van der Waals surface area contributed by atoms with Crippen LogP contribution >= 0.6 is 0 Å². The van der Waals surface area contributed by atoms with Crippen molar-refractivity contribution in [3.05, 3.63) is 0 Å². The predicted octanol–water partition coefficient (Wildman–Crippen LogP) is 3.38. The first-order valence-electron chi connectivity index (χ1n) is 10.1. The standard InChI is InChI=1S/C20H28N4O2/c21-14-18-16(23)24-20(25-12-13-26-20)19(18,15-22)17(18)10-8-6-4-2-1-3-5-7-9-11-17/h1-13H2,(H2,23,24)/t18-,19+/m0/s1. The van der Waals surface area contributed by atoms with E-state index in [1.165, 1.54) is 32.1 Å². The molecule has 0 aromatic rings. The normalized spacial score (nSPS) is 38.5. The van der Waals surface area contributed by atoms with Crippen LogP contribution in [0, 0.1) is 38.9 Å². The quantitative estimate of drug-likeness (QED) is 0.716. The summed E-state index contributed by atoms with van der Waals surface area (Å²) >= 11 is 0. The minimum absolute atomic E-state index is 0.246. The molecule has 2 N–H and O–H groups in total. The molecular weight excluding hydrogens is 328 g/mol. The van der Waals surface area contributed by atoms with Gasteiger partial charge in [-0.1, -0.05) is 57.8 Å². The van der Waals surface area contributed by atoms with Crippen LogP contribution in [0.1, 0.15) is 70.6 Å². The van der Waals surface area contributed by atoms with Crippen molar-refractivity contribution >= 4 is 5.84 Å². The Hall–Kier alpha value is -1.63. The molecule has 140 valence electrons. The molecule has 4 aliphatic rings. The molecule has 6 nitrogen and oxygen atoms in total. The van der Waals surface area contributed by atoms with Gasteiger partial charge >= 0.3 is 0 Å². The van der Waals surface area contributed by atoms with E-state index in [1.54, 1.807) is 0 Å². The summed E-state index contributed by atoms with van der Waals surface area (Å²) < 4.78 is 11.8. The van der Waals surface area contributed by atoms with Crippen molar-refractivity contribution in [2.75, 3.05) is 13.2 Å². The van der Waals surface area contributed by atoms with Gasteiger partial charge in [-0.2, -0.15) is 10.5 Å². The number of ether oxygens (including phenoxy) is 2. The zero-order chi connectivity index (χ0) is 18.3. The van der Waals surface area contributed by atoms with Gasteiger partial charge in [-0.3, -0.25) is 0 Å². The van der Waals surface area contributed by atoms with Gasteiger partial charge in [0.2, 0.25) is 0 Å². The molecule has 26 heavy (non-hydrogen) atoms. The van der Waals surface area contributed by atoms with Gasteiger partial charge in [0.15, 0.2) is 5.41 Å². The Morgan fingerprint density at radius 3 is 1.77 bits per heavy atom. The molecular formula is C20H28N4O2. The summed E-state index contributed by atoms with van der Waals surface area (Å²) in [5, 5.41) is 20.5. The van der Waals surface area contributed by atoms with Crippen LogP contribution < -0.4 is 5.73 Å². The zero-order valence-electron chi connectivity index (χ0n) is 15.4. The molecule has 2 heterocycles. The van der Waals surface area contributed by atoms with Crippen molar-refractivity contribution in [3.8, 4) is 12.1 Å². The molecule has 0 bridgehead atoms. The second-order valence-corrected chi connectivity index (χ2v) is 8.26. The number of hydrogen-bond acceptors (Lipinski definition) is 6. The van der Waals surface area contributed by atoms with Crippen molar-refractivity contribution in [2.45, 2.75) is 76.5 Å². The van der Waals surface area contributed by atoms with E-state index in [4.69, 9.17) is 15.2 Å². The molecule has 2 aliphatic carbocycles. The molecule has 2 saturated carbocycles. The van der Waals surface area contributed by atoms with Crippen molar-refractivity contribution in [1.82, 2.24) is 0 Å². The number of rotatable bonds is 0. The van der Waals surface area contributed by atoms with Gasteiger partial charge in [0.05, 0.1) is 25.4 Å². The minimum atomic E-state index is -1.38. The largest absolute Gasteiger partial charge is 0.386 e. The summed E-state index contributed by atoms with van der Waals surface area (Å²) in [6.45, 7) is 0.773. The molecule has 0 radical (unpaired) electrons. The van der Waals surface area contributed by atoms with Crippen LogP contribution in [0.25, 0.3) is 0 Å². The van der Waals surface area contributed by atoms with E-state index in [9.17, 15) is 10.5 Å². The number of amidine groups is 1. The molecule has 2 aliphatic heterocycles. The van der Waals surface area contributed by atoms with Gasteiger partial charge in [-0.25, -0.2) is 4.99 Å². The summed E-state index contributed by atoms with van der Waals surface area (Å²) in [4.78, 5) is 4.42. The van der Waals surface area contributed by atoms with E-state index >= 15 is 0 Å². The topological polar surface area (TPSA) is 104 Å². The highest BCUT2D eigenvalue weighted by molar-refractivity contribution is 6.00. The fraction of sp³-hybridized carbons (Fsp3) is 0.850. The fourth-order valence-corrected chi connectivity index (χ4v) is 6.15. The van der Waals surface area contributed by atoms with E-state index < -0.39 is 22.2 Å². The molecule has 4 rings (SSSR count). The van der Waals surface area contributed by atoms with Crippen LogP contribution in [0.5, 0.6) is 0 Å². The third kappa shape index (κ3) is 1.85. The maximum atomic E-state index is 10.3. The predicted molar refractivity (Wildman–Crippen MR) is 95.6 cm³/mol. The highest BCUT2D eigenvalue weighted by Crippen LogP contribution is 2.88. The van der Waals surface area contributed by atoms with Gasteiger partial charge in [0.1, 0.15) is 11.3 Å². The van der Waals surface area contributed by atoms with Crippen molar-refractivity contribution in [3.63, 3.8) is 0 Å². The lowest BCUT2D eigenvalue weighted by molar-refractivity contribution is -0.193. The van der Waals surface area contributed by atoms with Crippen molar-refractivity contribution in [2.24, 2.45) is 27.0 Å². The number of hydrogen-bond donors (Lipinski definition) is 1. The molecule has 2 spiro atoms. The van der Waals surface area contributed by atoms with E-state index in [0.717, 1.165) is 38.5 Å². The number of aliphatic imine (C=N–C) groups is 1. The van der Waals surface area contributed by atoms with E-state index in [0.29, 0.717) is 13.2 Å². The van der Waals surface area contributed by atoms with Gasteiger partial charge < -0.3 is 15.2 Å². The highest BCUT2D eigenvalue weighted by Gasteiger charge is 3.00. The summed E-state index contributed by atoms with van der Waals surface area (Å²) in [5.74, 6) is -1.13. The monoisotopic (exact) mass is 356 g/mol. The minimum Gasteiger partial charge on any atom is -0.386 e. The number of fused-ring (bicyclic) bond motifs is 4. The maximum absolute atomic E-state index is 10.3. The number of nitriles is 2. The Morgan fingerprint density at radius 1 is 0.808 bits per heavy atom. The molecule has 2 atom stereocenters. The molecule has 0 unspecified atom stereocenters. The van der Waals surface area contributed by atoms with Crippen LogP contribution in [-0.4, -0.2) is 25.0 Å². The summed E-state index contributed by atoms with van der Waals surface area (Å²) in [5.41, 5.74) is 3.65. The average Bonchev–Trinajstić information content (AvgIpc) is 2.87. The Labute approximate surface area is 155 Å². The lowest BCUT2D eigenvalue weighted by Crippen LogP contribution is -2.41. The van der Waals surface area contributed by atoms with E-state index in [1.807, 2.05) is 0 Å². The van der Waals surface area contributed by atoms with Crippen molar-refractivity contribution < 1.29 is 9.47 Å². The van der Waals surface area contributed by atoms with Gasteiger partial charge in [0, 0.05) is 5.41 Å². The van der Waals surface area contributed by atoms with E-state index in [2.05, 4.69) is 17.1 Å². The molecule has 6 heteroatoms. The van der Waals surface area contributed by atoms with Crippen LogP contribution in [0.15, 0.2) is 4.99 Å². The first-order valence-corrected chi connectivity index (χ1v) is 10.1. The van der Waals surface area contributed by atoms with Crippen LogP contribution in [0.3, 0.4) is 0 Å². The first kappa shape index (κ1) is 17.8. The third-order valence-corrected chi connectivity index (χ3v) is 7.28. The second-order valence-electron chi connectivity index (χ2n) is 8.26. The number of nitrogens with zero attached hydrogens (tertiary/aromatic N) is 3. The Balaban J connectivity index is 1.74. The molecule has 0 aromatic heterocycles. The summed E-state index contributed by atoms with van der Waals surface area (Å²) in [6.07, 6.45) is 12.2. The Morgan fingerprint density at radius 2 is 1.31 bits per heavy atom. The van der Waals surface area contributed by atoms with Gasteiger partial charge in [0.25, 0.3) is 5.91 Å². The van der Waals surface area contributed by atoms with Crippen LogP contribution in [-0.2, 0) is 9.47 Å². The smallest absolute Gasteiger partial charge is 0.293 e. The molecule has 0 aromatic carbocycles. The molecule has 3 fully saturated rings. The Kier molecular flexibility index (Phi) is 4.25. The van der Waals surface area contributed by atoms with Crippen LogP contribution in [0.4, 0.5) is 0 Å². The number of nitrogens with two attached hydrogens (primary N) is 1. The maximum Gasteiger partial charge on any atom is 0.293 e. The third-order valence-electron chi connectivity index (χ3n) is 7.28. The lowest BCUT2D eigenvalue weighted by atomic mass is 9.80. The second kappa shape index (κ2) is 6.22. The van der Waals surface area contributed by atoms with E-state index in [-0.39, 0.29) is 5.84 Å². The first-order chi connectivity index (χ1) is 12.7. The average molecular weight is 356 g/mol. The van der Waals surface area contributed by atoms with Gasteiger partial charge in [-0.15, -0.1) is 0 Å². The SMILES string of the molecule is N#C[C@]12C3(N=C(N)[C@@]1(C#N)C21CCCCCCCCCCC1)OCCO3. The van der Waals surface area contributed by atoms with Crippen molar-refractivity contribution in [1.29, 1.82) is 10.5 Å². The lowest BCUT2D eigenvalue weighted by Gasteiger charge is -2.31. The summed E-state index contributed by atoms with van der Waals surface area (Å²) in [7, 11) is 0. The zero-order valence-corrected chi connectivity index (χ0v) is 15.4. The molecule has 1 saturated heterocycles. The fourth-order valence-electron chi connectivity index (χ4n) is 6.15. The Bertz CT molecular complexity index is 673. The summed E-state index contributed by atoms with van der Waals surface area (Å²) in [6, 6.07) is 4.92. The highest BCUT2D eigenvalue weighted by atomic mass is 16.8.